The molecule has 1 heterocycles. The maximum absolute atomic E-state index is 13.5. The van der Waals surface area contributed by atoms with Crippen molar-refractivity contribution in [1.29, 1.82) is 0 Å². The molecule has 0 saturated carbocycles. The van der Waals surface area contributed by atoms with Crippen LogP contribution >= 0.6 is 0 Å². The zero-order valence-electron chi connectivity index (χ0n) is 8.12. The summed E-state index contributed by atoms with van der Waals surface area (Å²) in [5.74, 6) is 0.0339. The predicted molar refractivity (Wildman–Crippen MR) is 50.2 cm³/mol. The van der Waals surface area contributed by atoms with Crippen LogP contribution in [-0.2, 0) is 4.74 Å². The minimum atomic E-state index is -0.518. The Balaban J connectivity index is 2.25. The molecule has 15 heavy (non-hydrogen) atoms. The van der Waals surface area contributed by atoms with Crippen LogP contribution in [0.2, 0.25) is 0 Å². The molecule has 0 bridgehead atoms. The minimum Gasteiger partial charge on any atom is -0.497 e. The number of benzene rings is 1. The Bertz CT molecular complexity index is 394. The van der Waals surface area contributed by atoms with Crippen molar-refractivity contribution in [2.24, 2.45) is 0 Å². The topological polar surface area (TPSA) is 47.6 Å². The first-order chi connectivity index (χ1) is 7.20. The van der Waals surface area contributed by atoms with Gasteiger partial charge in [0.15, 0.2) is 0 Å². The molecule has 0 spiro atoms. The highest BCUT2D eigenvalue weighted by molar-refractivity contribution is 5.70. The maximum Gasteiger partial charge on any atom is 0.407 e. The molecule has 5 heteroatoms. The van der Waals surface area contributed by atoms with E-state index < -0.39 is 18.0 Å². The second kappa shape index (κ2) is 3.76. The number of methoxy groups -OCH3 is 1. The number of nitrogens with one attached hydrogen (secondary N) is 1. The number of carbonyl (C=O) groups is 1. The molecule has 1 aromatic carbocycles. The normalized spacial score (nSPS) is 19.6. The number of rotatable bonds is 2. The molecule has 1 saturated heterocycles. The van der Waals surface area contributed by atoms with Gasteiger partial charge in [-0.3, -0.25) is 0 Å². The predicted octanol–water partition coefficient (Wildman–Crippen LogP) is 1.62. The van der Waals surface area contributed by atoms with Gasteiger partial charge in [0.25, 0.3) is 0 Å². The molecule has 1 atom stereocenters. The zero-order chi connectivity index (χ0) is 10.8. The van der Waals surface area contributed by atoms with Crippen molar-refractivity contribution >= 4 is 6.09 Å². The van der Waals surface area contributed by atoms with Crippen LogP contribution < -0.4 is 10.1 Å². The second-order valence-corrected chi connectivity index (χ2v) is 3.18. The van der Waals surface area contributed by atoms with E-state index in [1.165, 1.54) is 13.2 Å². The van der Waals surface area contributed by atoms with Gasteiger partial charge in [-0.05, 0) is 6.07 Å². The van der Waals surface area contributed by atoms with Crippen molar-refractivity contribution in [3.8, 4) is 5.75 Å². The monoisotopic (exact) mass is 211 g/mol. The van der Waals surface area contributed by atoms with Crippen LogP contribution in [-0.4, -0.2) is 19.8 Å². The Hall–Kier alpha value is -1.78. The third kappa shape index (κ3) is 1.86. The van der Waals surface area contributed by atoms with E-state index in [-0.39, 0.29) is 6.61 Å². The molecule has 0 aliphatic carbocycles. The number of hydrogen-bond acceptors (Lipinski definition) is 3. The number of hydrogen-bond donors (Lipinski definition) is 1. The lowest BCUT2D eigenvalue weighted by Gasteiger charge is -2.09. The van der Waals surface area contributed by atoms with Crippen LogP contribution in [0.25, 0.3) is 0 Å². The number of amides is 1. The first-order valence-corrected chi connectivity index (χ1v) is 4.47. The van der Waals surface area contributed by atoms with Gasteiger partial charge in [-0.25, -0.2) is 9.18 Å². The highest BCUT2D eigenvalue weighted by Crippen LogP contribution is 2.24. The van der Waals surface area contributed by atoms with Crippen molar-refractivity contribution in [2.45, 2.75) is 6.04 Å². The molecule has 0 unspecified atom stereocenters. The molecular weight excluding hydrogens is 201 g/mol. The summed E-state index contributed by atoms with van der Waals surface area (Å²) in [6.07, 6.45) is -0.518. The summed E-state index contributed by atoms with van der Waals surface area (Å²) in [5, 5.41) is 2.51. The van der Waals surface area contributed by atoms with Crippen LogP contribution in [0.5, 0.6) is 5.75 Å². The zero-order valence-corrected chi connectivity index (χ0v) is 8.12. The van der Waals surface area contributed by atoms with Crippen LogP contribution in [0.4, 0.5) is 9.18 Å². The largest absolute Gasteiger partial charge is 0.497 e. The van der Waals surface area contributed by atoms with Crippen LogP contribution in [0.3, 0.4) is 0 Å². The molecule has 0 radical (unpaired) electrons. The summed E-state index contributed by atoms with van der Waals surface area (Å²) in [6.45, 7) is 0.155. The Morgan fingerprint density at radius 2 is 2.40 bits per heavy atom. The van der Waals surface area contributed by atoms with Crippen molar-refractivity contribution < 1.29 is 18.7 Å². The highest BCUT2D eigenvalue weighted by atomic mass is 19.1. The first kappa shape index (κ1) is 9.76. The highest BCUT2D eigenvalue weighted by Gasteiger charge is 2.26. The van der Waals surface area contributed by atoms with Gasteiger partial charge < -0.3 is 14.8 Å². The molecule has 2 rings (SSSR count). The molecule has 1 aliphatic heterocycles. The molecule has 1 fully saturated rings. The molecule has 1 amide bonds. The molecule has 1 N–H and O–H groups in total. The Kier molecular flexibility index (Phi) is 2.45. The van der Waals surface area contributed by atoms with Gasteiger partial charge in [-0.1, -0.05) is 6.07 Å². The van der Waals surface area contributed by atoms with E-state index in [1.54, 1.807) is 12.1 Å². The number of ether oxygens (including phenoxy) is 2. The average molecular weight is 211 g/mol. The number of alkyl carbamates (subject to hydrolysis) is 1. The van der Waals surface area contributed by atoms with Crippen molar-refractivity contribution in [3.63, 3.8) is 0 Å². The van der Waals surface area contributed by atoms with Gasteiger partial charge in [-0.15, -0.1) is 0 Å². The number of halogens is 1. The lowest BCUT2D eigenvalue weighted by atomic mass is 10.1. The summed E-state index contributed by atoms with van der Waals surface area (Å²) in [4.78, 5) is 10.8. The Morgan fingerprint density at radius 3 is 2.93 bits per heavy atom. The summed E-state index contributed by atoms with van der Waals surface area (Å²) in [7, 11) is 1.47. The fourth-order valence-corrected chi connectivity index (χ4v) is 1.47. The molecule has 4 nitrogen and oxygen atoms in total. The number of carbonyl (C=O) groups excluding carboxylic acids is 1. The summed E-state index contributed by atoms with van der Waals surface area (Å²) in [6, 6.07) is 4.08. The molecule has 1 aliphatic rings. The summed E-state index contributed by atoms with van der Waals surface area (Å²) in [5.41, 5.74) is 0.404. The molecule has 0 aromatic heterocycles. The third-order valence-electron chi connectivity index (χ3n) is 2.26. The van der Waals surface area contributed by atoms with Gasteiger partial charge in [0.1, 0.15) is 18.2 Å². The van der Waals surface area contributed by atoms with E-state index in [4.69, 9.17) is 4.74 Å². The number of cyclic esters (lactones) is 1. The molecular formula is C10H10FNO3. The Labute approximate surface area is 86.0 Å². The minimum absolute atomic E-state index is 0.155. The van der Waals surface area contributed by atoms with Gasteiger partial charge in [0.2, 0.25) is 0 Å². The van der Waals surface area contributed by atoms with E-state index in [0.29, 0.717) is 11.3 Å². The van der Waals surface area contributed by atoms with E-state index >= 15 is 0 Å². The lowest BCUT2D eigenvalue weighted by Crippen LogP contribution is -2.19. The molecule has 1 aromatic rings. The fraction of sp³-hybridized carbons (Fsp3) is 0.300. The molecule has 80 valence electrons. The maximum atomic E-state index is 13.5. The third-order valence-corrected chi connectivity index (χ3v) is 2.26. The van der Waals surface area contributed by atoms with Crippen LogP contribution in [0.15, 0.2) is 18.2 Å². The smallest absolute Gasteiger partial charge is 0.407 e. The second-order valence-electron chi connectivity index (χ2n) is 3.18. The SMILES string of the molecule is COc1ccc([C@@H]2COC(=O)N2)c(F)c1. The Morgan fingerprint density at radius 1 is 1.60 bits per heavy atom. The van der Waals surface area contributed by atoms with E-state index in [9.17, 15) is 9.18 Å². The van der Waals surface area contributed by atoms with Gasteiger partial charge in [-0.2, -0.15) is 0 Å². The van der Waals surface area contributed by atoms with Crippen molar-refractivity contribution in [1.82, 2.24) is 5.32 Å². The summed E-state index contributed by atoms with van der Waals surface area (Å²) < 4.78 is 23.1. The lowest BCUT2D eigenvalue weighted by molar-refractivity contribution is 0.176. The van der Waals surface area contributed by atoms with Crippen LogP contribution in [0, 0.1) is 5.82 Å². The standard InChI is InChI=1S/C10H10FNO3/c1-14-6-2-3-7(8(11)4-6)9-5-15-10(13)12-9/h2-4,9H,5H2,1H3,(H,12,13)/t9-/m0/s1. The van der Waals surface area contributed by atoms with E-state index in [1.807, 2.05) is 0 Å². The van der Waals surface area contributed by atoms with Crippen LogP contribution in [0.1, 0.15) is 11.6 Å². The fourth-order valence-electron chi connectivity index (χ4n) is 1.47. The first-order valence-electron chi connectivity index (χ1n) is 4.47. The average Bonchev–Trinajstić information content (AvgIpc) is 2.64. The van der Waals surface area contributed by atoms with Crippen molar-refractivity contribution in [2.75, 3.05) is 13.7 Å². The van der Waals surface area contributed by atoms with Gasteiger partial charge in [0, 0.05) is 11.6 Å². The van der Waals surface area contributed by atoms with Gasteiger partial charge in [0.05, 0.1) is 13.2 Å². The summed E-state index contributed by atoms with van der Waals surface area (Å²) >= 11 is 0. The van der Waals surface area contributed by atoms with Gasteiger partial charge >= 0.3 is 6.09 Å². The van der Waals surface area contributed by atoms with Crippen molar-refractivity contribution in [3.05, 3.63) is 29.6 Å². The quantitative estimate of drug-likeness (QED) is 0.808. The van der Waals surface area contributed by atoms with E-state index in [2.05, 4.69) is 10.1 Å². The van der Waals surface area contributed by atoms with E-state index in [0.717, 1.165) is 0 Å².